The molecule has 6 heteroatoms. The van der Waals surface area contributed by atoms with Crippen molar-refractivity contribution in [3.05, 3.63) is 37.9 Å². The predicted octanol–water partition coefficient (Wildman–Crippen LogP) is 5.42. The maximum Gasteiger partial charge on any atom is 0.274 e. The average Bonchev–Trinajstić information content (AvgIpc) is 2.21. The molecule has 1 aromatic carbocycles. The Morgan fingerprint density at radius 3 is 2.11 bits per heavy atom. The smallest absolute Gasteiger partial charge is 0.258 e. The Kier molecular flexibility index (Phi) is 5.44. The second-order valence-electron chi connectivity index (χ2n) is 4.53. The van der Waals surface area contributed by atoms with Gasteiger partial charge in [0, 0.05) is 22.4 Å². The SMILES string of the molecule is CC(C)C(c1cc(Cl)c(Cl)cc1[N+](=O)[O-])C(C)Br. The van der Waals surface area contributed by atoms with Gasteiger partial charge in [-0.2, -0.15) is 0 Å². The van der Waals surface area contributed by atoms with Crippen molar-refractivity contribution < 1.29 is 4.92 Å². The van der Waals surface area contributed by atoms with E-state index in [1.54, 1.807) is 6.07 Å². The van der Waals surface area contributed by atoms with Crippen LogP contribution >= 0.6 is 39.1 Å². The molecule has 3 nitrogen and oxygen atoms in total. The number of nitro benzene ring substituents is 1. The number of halogens is 3. The highest BCUT2D eigenvalue weighted by atomic mass is 79.9. The molecule has 0 heterocycles. The lowest BCUT2D eigenvalue weighted by atomic mass is 9.85. The third-order valence-electron chi connectivity index (χ3n) is 2.84. The van der Waals surface area contributed by atoms with E-state index in [2.05, 4.69) is 15.9 Å². The number of nitrogens with zero attached hydrogens (tertiary/aromatic N) is 1. The van der Waals surface area contributed by atoms with Gasteiger partial charge in [-0.3, -0.25) is 10.1 Å². The van der Waals surface area contributed by atoms with E-state index in [9.17, 15) is 10.1 Å². The lowest BCUT2D eigenvalue weighted by molar-refractivity contribution is -0.385. The van der Waals surface area contributed by atoms with Gasteiger partial charge in [0.05, 0.1) is 15.0 Å². The van der Waals surface area contributed by atoms with Gasteiger partial charge in [0.1, 0.15) is 0 Å². The monoisotopic (exact) mass is 353 g/mol. The van der Waals surface area contributed by atoms with Crippen LogP contribution in [-0.4, -0.2) is 9.75 Å². The van der Waals surface area contributed by atoms with Crippen LogP contribution in [0, 0.1) is 16.0 Å². The van der Waals surface area contributed by atoms with Gasteiger partial charge in [0.15, 0.2) is 0 Å². The summed E-state index contributed by atoms with van der Waals surface area (Å²) in [5.41, 5.74) is 0.642. The Morgan fingerprint density at radius 1 is 1.22 bits per heavy atom. The molecule has 1 rings (SSSR count). The van der Waals surface area contributed by atoms with Crippen LogP contribution in [0.3, 0.4) is 0 Å². The number of rotatable bonds is 4. The molecule has 0 saturated carbocycles. The topological polar surface area (TPSA) is 43.1 Å². The van der Waals surface area contributed by atoms with Crippen molar-refractivity contribution in [2.75, 3.05) is 0 Å². The molecule has 18 heavy (non-hydrogen) atoms. The fourth-order valence-electron chi connectivity index (χ4n) is 2.11. The first kappa shape index (κ1) is 15.7. The van der Waals surface area contributed by atoms with E-state index >= 15 is 0 Å². The van der Waals surface area contributed by atoms with Crippen molar-refractivity contribution in [1.29, 1.82) is 0 Å². The van der Waals surface area contributed by atoms with Crippen molar-refractivity contribution in [2.24, 2.45) is 5.92 Å². The molecule has 0 spiro atoms. The highest BCUT2D eigenvalue weighted by Gasteiger charge is 2.29. The summed E-state index contributed by atoms with van der Waals surface area (Å²) in [6.07, 6.45) is 0. The molecule has 0 saturated heterocycles. The van der Waals surface area contributed by atoms with Crippen LogP contribution < -0.4 is 0 Å². The molecule has 100 valence electrons. The summed E-state index contributed by atoms with van der Waals surface area (Å²) in [6, 6.07) is 2.93. The molecule has 0 aliphatic rings. The number of hydrogen-bond acceptors (Lipinski definition) is 2. The Labute approximate surface area is 125 Å². The zero-order valence-corrected chi connectivity index (χ0v) is 13.4. The third kappa shape index (κ3) is 3.37. The Balaban J connectivity index is 3.45. The second-order valence-corrected chi connectivity index (χ2v) is 6.79. The van der Waals surface area contributed by atoms with E-state index in [1.165, 1.54) is 6.07 Å². The molecular weight excluding hydrogens is 341 g/mol. The first-order valence-corrected chi connectivity index (χ1v) is 7.20. The van der Waals surface area contributed by atoms with Crippen molar-refractivity contribution >= 4 is 44.8 Å². The maximum absolute atomic E-state index is 11.1. The van der Waals surface area contributed by atoms with Gasteiger partial charge >= 0.3 is 0 Å². The molecule has 2 atom stereocenters. The Bertz CT molecular complexity index is 456. The fourth-order valence-corrected chi connectivity index (χ4v) is 3.34. The van der Waals surface area contributed by atoms with E-state index in [4.69, 9.17) is 23.2 Å². The van der Waals surface area contributed by atoms with Gasteiger partial charge < -0.3 is 0 Å². The van der Waals surface area contributed by atoms with Gasteiger partial charge in [-0.25, -0.2) is 0 Å². The second kappa shape index (κ2) is 6.22. The third-order valence-corrected chi connectivity index (χ3v) is 4.13. The molecule has 1 aromatic rings. The average molecular weight is 355 g/mol. The van der Waals surface area contributed by atoms with Crippen molar-refractivity contribution in [2.45, 2.75) is 31.5 Å². The zero-order chi connectivity index (χ0) is 14.0. The van der Waals surface area contributed by atoms with E-state index in [1.807, 2.05) is 20.8 Å². The summed E-state index contributed by atoms with van der Waals surface area (Å²) in [7, 11) is 0. The molecule has 0 aromatic heterocycles. The summed E-state index contributed by atoms with van der Waals surface area (Å²) in [4.78, 5) is 10.8. The van der Waals surface area contributed by atoms with Crippen LogP contribution in [0.15, 0.2) is 12.1 Å². The summed E-state index contributed by atoms with van der Waals surface area (Å²) in [5, 5.41) is 11.7. The minimum atomic E-state index is -0.414. The lowest BCUT2D eigenvalue weighted by Gasteiger charge is -2.24. The molecule has 0 aliphatic carbocycles. The molecule has 0 fully saturated rings. The summed E-state index contributed by atoms with van der Waals surface area (Å²) < 4.78 is 0. The van der Waals surface area contributed by atoms with Gasteiger partial charge in [-0.1, -0.05) is 59.9 Å². The zero-order valence-electron chi connectivity index (χ0n) is 10.3. The molecule has 2 unspecified atom stereocenters. The van der Waals surface area contributed by atoms with Crippen molar-refractivity contribution in [3.8, 4) is 0 Å². The molecule has 0 amide bonds. The minimum Gasteiger partial charge on any atom is -0.258 e. The van der Waals surface area contributed by atoms with E-state index in [0.717, 1.165) is 0 Å². The summed E-state index contributed by atoms with van der Waals surface area (Å²) in [6.45, 7) is 6.01. The van der Waals surface area contributed by atoms with Gasteiger partial charge in [-0.05, 0) is 12.0 Å². The van der Waals surface area contributed by atoms with E-state index < -0.39 is 4.92 Å². The quantitative estimate of drug-likeness (QED) is 0.411. The van der Waals surface area contributed by atoms with Crippen LogP contribution in [0.2, 0.25) is 10.0 Å². The van der Waals surface area contributed by atoms with E-state index in [0.29, 0.717) is 10.6 Å². The van der Waals surface area contributed by atoms with Gasteiger partial charge in [-0.15, -0.1) is 0 Å². The Hall–Kier alpha value is -0.320. The van der Waals surface area contributed by atoms with Crippen LogP contribution in [0.25, 0.3) is 0 Å². The Morgan fingerprint density at radius 2 is 1.72 bits per heavy atom. The molecule has 0 N–H and O–H groups in total. The largest absolute Gasteiger partial charge is 0.274 e. The first-order valence-electron chi connectivity index (χ1n) is 5.53. The minimum absolute atomic E-state index is 0.000154. The van der Waals surface area contributed by atoms with Crippen LogP contribution in [0.1, 0.15) is 32.3 Å². The van der Waals surface area contributed by atoms with Crippen molar-refractivity contribution in [1.82, 2.24) is 0 Å². The molecule has 0 aliphatic heterocycles. The first-order chi connectivity index (χ1) is 8.25. The molecule has 0 bridgehead atoms. The van der Waals surface area contributed by atoms with Crippen molar-refractivity contribution in [3.63, 3.8) is 0 Å². The van der Waals surface area contributed by atoms with Gasteiger partial charge in [0.25, 0.3) is 5.69 Å². The van der Waals surface area contributed by atoms with Crippen LogP contribution in [0.5, 0.6) is 0 Å². The number of hydrogen-bond donors (Lipinski definition) is 0. The number of nitro groups is 1. The maximum atomic E-state index is 11.1. The summed E-state index contributed by atoms with van der Waals surface area (Å²) >= 11 is 15.3. The highest BCUT2D eigenvalue weighted by Crippen LogP contribution is 2.40. The molecule has 0 radical (unpaired) electrons. The lowest BCUT2D eigenvalue weighted by Crippen LogP contribution is -2.17. The van der Waals surface area contributed by atoms with Crippen LogP contribution in [0.4, 0.5) is 5.69 Å². The van der Waals surface area contributed by atoms with Crippen LogP contribution in [-0.2, 0) is 0 Å². The highest BCUT2D eigenvalue weighted by molar-refractivity contribution is 9.09. The molecular formula is C12H14BrCl2NO2. The van der Waals surface area contributed by atoms with Gasteiger partial charge in [0.2, 0.25) is 0 Å². The summed E-state index contributed by atoms with van der Waals surface area (Å²) in [5.74, 6) is 0.246. The van der Waals surface area contributed by atoms with E-state index in [-0.39, 0.29) is 27.4 Å². The fraction of sp³-hybridized carbons (Fsp3) is 0.500. The number of benzene rings is 1. The standard InChI is InChI=1S/C12H14BrCl2NO2/c1-6(2)12(7(3)13)8-4-9(14)10(15)5-11(8)16(17)18/h4-7,12H,1-3H3. The number of alkyl halides is 1. The predicted molar refractivity (Wildman–Crippen MR) is 79.1 cm³/mol. The normalized spacial score (nSPS) is 14.6.